The molecule has 164 valence electrons. The first-order valence-corrected chi connectivity index (χ1v) is 12.2. The predicted octanol–water partition coefficient (Wildman–Crippen LogP) is 3.00. The third-order valence-corrected chi connectivity index (χ3v) is 7.94. The maximum Gasteiger partial charge on any atom is 0.245 e. The van der Waals surface area contributed by atoms with Crippen LogP contribution in [0.25, 0.3) is 0 Å². The van der Waals surface area contributed by atoms with Crippen molar-refractivity contribution in [1.82, 2.24) is 19.7 Å². The number of likely N-dealkylation sites (tertiary alicyclic amines) is 1. The molecule has 2 amide bonds. The average molecular weight is 439 g/mol. The van der Waals surface area contributed by atoms with E-state index in [9.17, 15) is 9.59 Å². The van der Waals surface area contributed by atoms with Crippen molar-refractivity contribution in [2.45, 2.75) is 50.9 Å². The molecule has 0 saturated carbocycles. The number of benzene rings is 1. The minimum Gasteiger partial charge on any atom is -0.340 e. The topological polar surface area (TPSA) is 56.8 Å². The van der Waals surface area contributed by atoms with Crippen LogP contribution in [0.1, 0.15) is 36.1 Å². The maximum atomic E-state index is 13.7. The van der Waals surface area contributed by atoms with Crippen molar-refractivity contribution >= 4 is 23.2 Å². The summed E-state index contributed by atoms with van der Waals surface area (Å²) in [5.41, 5.74) is 3.00. The van der Waals surface area contributed by atoms with Gasteiger partial charge in [0, 0.05) is 62.7 Å². The van der Waals surface area contributed by atoms with E-state index < -0.39 is 0 Å². The molecule has 0 radical (unpaired) electrons. The fraction of sp³-hybridized carbons (Fsp3) is 0.542. The van der Waals surface area contributed by atoms with Gasteiger partial charge in [0.15, 0.2) is 0 Å². The number of piperidine rings is 3. The third-order valence-electron chi connectivity index (χ3n) is 7.17. The van der Waals surface area contributed by atoms with Gasteiger partial charge in [-0.15, -0.1) is 11.3 Å². The number of carbonyl (C=O) groups excluding carboxylic acids is 2. The number of amides is 2. The van der Waals surface area contributed by atoms with E-state index in [1.54, 1.807) is 11.3 Å². The lowest BCUT2D eigenvalue weighted by Gasteiger charge is -2.56. The summed E-state index contributed by atoms with van der Waals surface area (Å²) in [6, 6.07) is 9.94. The molecule has 0 aliphatic carbocycles. The Hall–Kier alpha value is -2.25. The number of thiazole rings is 1. The standard InChI is InChI=1S/C24H30N4O2S/c1-26(12-17-6-3-2-4-7-17)24(30)23-19-10-18(21-8-5-9-22(29)28(21)23)13-27(14-19)15-20-11-25-16-31-20/h2-4,6-7,11,16,18-19,21,23H,5,8-10,12-15H2,1H3/t18-,19+,21+,23-/m1/s1. The van der Waals surface area contributed by atoms with E-state index in [0.29, 0.717) is 18.9 Å². The molecule has 3 saturated heterocycles. The number of hydrogen-bond acceptors (Lipinski definition) is 5. The highest BCUT2D eigenvalue weighted by molar-refractivity contribution is 7.09. The summed E-state index contributed by atoms with van der Waals surface area (Å²) >= 11 is 1.69. The van der Waals surface area contributed by atoms with E-state index in [0.717, 1.165) is 44.5 Å². The molecule has 0 spiro atoms. The first-order chi connectivity index (χ1) is 15.1. The summed E-state index contributed by atoms with van der Waals surface area (Å²) in [6.07, 6.45) is 5.53. The van der Waals surface area contributed by atoms with Crippen molar-refractivity contribution in [3.63, 3.8) is 0 Å². The molecule has 31 heavy (non-hydrogen) atoms. The van der Waals surface area contributed by atoms with Gasteiger partial charge < -0.3 is 9.80 Å². The predicted molar refractivity (Wildman–Crippen MR) is 120 cm³/mol. The number of hydrogen-bond donors (Lipinski definition) is 0. The molecule has 7 heteroatoms. The average Bonchev–Trinajstić information content (AvgIpc) is 3.28. The van der Waals surface area contributed by atoms with Gasteiger partial charge in [-0.25, -0.2) is 0 Å². The van der Waals surface area contributed by atoms with Gasteiger partial charge in [-0.3, -0.25) is 19.5 Å². The van der Waals surface area contributed by atoms with Crippen molar-refractivity contribution in [3.05, 3.63) is 52.5 Å². The minimum atomic E-state index is -0.341. The maximum absolute atomic E-state index is 13.7. The van der Waals surface area contributed by atoms with Gasteiger partial charge >= 0.3 is 0 Å². The van der Waals surface area contributed by atoms with Crippen LogP contribution in [0.15, 0.2) is 42.0 Å². The largest absolute Gasteiger partial charge is 0.340 e. The molecular formula is C24H30N4O2S. The van der Waals surface area contributed by atoms with Gasteiger partial charge in [-0.05, 0) is 30.7 Å². The van der Waals surface area contributed by atoms with Gasteiger partial charge in [0.05, 0.1) is 5.51 Å². The fourth-order valence-corrected chi connectivity index (χ4v) is 6.54. The Morgan fingerprint density at radius 1 is 1.23 bits per heavy atom. The highest BCUT2D eigenvalue weighted by Gasteiger charge is 2.52. The van der Waals surface area contributed by atoms with E-state index in [1.165, 1.54) is 4.88 Å². The van der Waals surface area contributed by atoms with E-state index >= 15 is 0 Å². The molecule has 4 heterocycles. The normalized spacial score (nSPS) is 28.3. The van der Waals surface area contributed by atoms with Crippen molar-refractivity contribution in [2.24, 2.45) is 11.8 Å². The third kappa shape index (κ3) is 4.13. The molecule has 0 unspecified atom stereocenters. The SMILES string of the molecule is CN(Cc1ccccc1)C(=O)[C@H]1[C@H]2C[C@H](CN(Cc3cncs3)C2)[C@@H]2CCCC(=O)N21. The minimum absolute atomic E-state index is 0.0900. The quantitative estimate of drug-likeness (QED) is 0.720. The Morgan fingerprint density at radius 3 is 2.81 bits per heavy atom. The zero-order chi connectivity index (χ0) is 21.4. The second-order valence-electron chi connectivity index (χ2n) is 9.30. The molecule has 2 aromatic rings. The zero-order valence-corrected chi connectivity index (χ0v) is 18.8. The lowest BCUT2D eigenvalue weighted by Crippen LogP contribution is -2.68. The highest BCUT2D eigenvalue weighted by Crippen LogP contribution is 2.42. The van der Waals surface area contributed by atoms with Gasteiger partial charge in [0.1, 0.15) is 6.04 Å². The molecular weight excluding hydrogens is 408 g/mol. The van der Waals surface area contributed by atoms with Gasteiger partial charge in [-0.2, -0.15) is 0 Å². The van der Waals surface area contributed by atoms with Crippen molar-refractivity contribution in [3.8, 4) is 0 Å². The lowest BCUT2D eigenvalue weighted by atomic mass is 9.71. The molecule has 4 atom stereocenters. The van der Waals surface area contributed by atoms with E-state index in [1.807, 2.05) is 58.9 Å². The highest BCUT2D eigenvalue weighted by atomic mass is 32.1. The molecule has 3 aliphatic heterocycles. The van der Waals surface area contributed by atoms with Crippen LogP contribution in [0.5, 0.6) is 0 Å². The smallest absolute Gasteiger partial charge is 0.245 e. The van der Waals surface area contributed by atoms with Crippen LogP contribution in [0.4, 0.5) is 0 Å². The van der Waals surface area contributed by atoms with Crippen molar-refractivity contribution < 1.29 is 9.59 Å². The number of nitrogens with zero attached hydrogens (tertiary/aromatic N) is 4. The second kappa shape index (κ2) is 8.71. The number of likely N-dealkylation sites (N-methyl/N-ethyl adjacent to an activating group) is 1. The fourth-order valence-electron chi connectivity index (χ4n) is 5.90. The molecule has 1 aromatic heterocycles. The van der Waals surface area contributed by atoms with Gasteiger partial charge in [-0.1, -0.05) is 30.3 Å². The zero-order valence-electron chi connectivity index (χ0n) is 18.0. The van der Waals surface area contributed by atoms with Crippen LogP contribution >= 0.6 is 11.3 Å². The number of aromatic nitrogens is 1. The number of rotatable bonds is 5. The van der Waals surface area contributed by atoms with E-state index in [-0.39, 0.29) is 29.8 Å². The van der Waals surface area contributed by atoms with Crippen LogP contribution in [0, 0.1) is 11.8 Å². The second-order valence-corrected chi connectivity index (χ2v) is 10.3. The first kappa shape index (κ1) is 20.6. The Morgan fingerprint density at radius 2 is 2.03 bits per heavy atom. The van der Waals surface area contributed by atoms with Crippen molar-refractivity contribution in [2.75, 3.05) is 20.1 Å². The van der Waals surface area contributed by atoms with Crippen LogP contribution in [-0.4, -0.2) is 63.7 Å². The summed E-state index contributed by atoms with van der Waals surface area (Å²) in [5.74, 6) is 0.913. The molecule has 6 nitrogen and oxygen atoms in total. The Labute approximate surface area is 187 Å². The molecule has 3 fully saturated rings. The summed E-state index contributed by atoms with van der Waals surface area (Å²) in [5, 5.41) is 0. The summed E-state index contributed by atoms with van der Waals surface area (Å²) < 4.78 is 0. The lowest BCUT2D eigenvalue weighted by molar-refractivity contribution is -0.165. The van der Waals surface area contributed by atoms with E-state index in [2.05, 4.69) is 9.88 Å². The summed E-state index contributed by atoms with van der Waals surface area (Å²) in [7, 11) is 1.88. The number of fused-ring (bicyclic) bond motifs is 4. The number of carbonyl (C=O) groups is 2. The van der Waals surface area contributed by atoms with Gasteiger partial charge in [0.25, 0.3) is 0 Å². The van der Waals surface area contributed by atoms with Crippen molar-refractivity contribution in [1.29, 1.82) is 0 Å². The van der Waals surface area contributed by atoms with Crippen LogP contribution in [0.3, 0.4) is 0 Å². The molecule has 3 aliphatic rings. The summed E-state index contributed by atoms with van der Waals surface area (Å²) in [4.78, 5) is 38.6. The van der Waals surface area contributed by atoms with Crippen LogP contribution < -0.4 is 0 Å². The Balaban J connectivity index is 1.39. The van der Waals surface area contributed by atoms with Crippen LogP contribution in [0.2, 0.25) is 0 Å². The molecule has 1 aromatic carbocycles. The Bertz CT molecular complexity index is 919. The molecule has 0 N–H and O–H groups in total. The van der Waals surface area contributed by atoms with E-state index in [4.69, 9.17) is 0 Å². The molecule has 5 rings (SSSR count). The first-order valence-electron chi connectivity index (χ1n) is 11.3. The molecule has 2 bridgehead atoms. The summed E-state index contributed by atoms with van der Waals surface area (Å²) in [6.45, 7) is 3.33. The van der Waals surface area contributed by atoms with Gasteiger partial charge in [0.2, 0.25) is 11.8 Å². The monoisotopic (exact) mass is 438 g/mol. The van der Waals surface area contributed by atoms with Crippen LogP contribution in [-0.2, 0) is 22.7 Å². The Kier molecular flexibility index (Phi) is 5.80.